The van der Waals surface area contributed by atoms with Gasteiger partial charge in [0.05, 0.1) is 20.3 Å². The van der Waals surface area contributed by atoms with Crippen LogP contribution in [0, 0.1) is 5.92 Å². The van der Waals surface area contributed by atoms with Crippen LogP contribution in [-0.4, -0.2) is 20.3 Å². The number of rotatable bonds is 6. The third kappa shape index (κ3) is 4.16. The van der Waals surface area contributed by atoms with Gasteiger partial charge in [-0.3, -0.25) is 0 Å². The fourth-order valence-corrected chi connectivity index (χ4v) is 2.28. The van der Waals surface area contributed by atoms with Crippen molar-refractivity contribution in [2.75, 3.05) is 14.2 Å². The molecule has 0 radical (unpaired) electrons. The van der Waals surface area contributed by atoms with E-state index in [4.69, 9.17) is 9.47 Å². The Balaban J connectivity index is 1.94. The predicted octanol–water partition coefficient (Wildman–Crippen LogP) is 3.38. The second-order valence-electron chi connectivity index (χ2n) is 5.62. The summed E-state index contributed by atoms with van der Waals surface area (Å²) in [6.07, 6.45) is 4.26. The Hall–Kier alpha value is -2.17. The number of methoxy groups -OCH3 is 2. The highest BCUT2D eigenvalue weighted by Crippen LogP contribution is 2.35. The van der Waals surface area contributed by atoms with Crippen molar-refractivity contribution in [2.24, 2.45) is 5.92 Å². The fourth-order valence-electron chi connectivity index (χ4n) is 2.28. The van der Waals surface area contributed by atoms with Gasteiger partial charge in [-0.25, -0.2) is 4.79 Å². The van der Waals surface area contributed by atoms with Gasteiger partial charge in [0.15, 0.2) is 11.5 Å². The number of hydrogen-bond donors (Lipinski definition) is 2. The number of allylic oxidation sites excluding steroid dienone is 1. The summed E-state index contributed by atoms with van der Waals surface area (Å²) in [6.45, 7) is 3.98. The van der Waals surface area contributed by atoms with Crippen molar-refractivity contribution >= 4 is 6.03 Å². The Labute approximate surface area is 131 Å². The van der Waals surface area contributed by atoms with Crippen molar-refractivity contribution in [2.45, 2.75) is 32.7 Å². The van der Waals surface area contributed by atoms with Crippen molar-refractivity contribution in [1.82, 2.24) is 10.6 Å². The summed E-state index contributed by atoms with van der Waals surface area (Å²) in [6, 6.07) is 5.28. The number of ether oxygens (including phenoxy) is 2. The molecule has 0 bridgehead atoms. The maximum Gasteiger partial charge on any atom is 0.319 e. The van der Waals surface area contributed by atoms with Gasteiger partial charge in [-0.2, -0.15) is 0 Å². The number of benzene rings is 1. The zero-order valence-electron chi connectivity index (χ0n) is 13.6. The molecule has 1 aromatic carbocycles. The largest absolute Gasteiger partial charge is 0.493 e. The van der Waals surface area contributed by atoms with Gasteiger partial charge < -0.3 is 20.1 Å². The molecule has 2 N–H and O–H groups in total. The molecule has 1 aliphatic rings. The lowest BCUT2D eigenvalue weighted by Gasteiger charge is -2.16. The third-order valence-electron chi connectivity index (χ3n) is 3.91. The number of carbonyl (C=O) groups excluding carboxylic acids is 1. The molecule has 1 saturated carbocycles. The molecule has 0 spiro atoms. The Morgan fingerprint density at radius 1 is 1.27 bits per heavy atom. The van der Waals surface area contributed by atoms with E-state index in [0.29, 0.717) is 17.4 Å². The maximum absolute atomic E-state index is 11.9. The molecule has 1 aliphatic carbocycles. The van der Waals surface area contributed by atoms with Crippen molar-refractivity contribution < 1.29 is 14.3 Å². The molecular formula is C17H24N2O3. The third-order valence-corrected chi connectivity index (χ3v) is 3.91. The molecule has 0 aromatic heterocycles. The van der Waals surface area contributed by atoms with Crippen LogP contribution in [0.3, 0.4) is 0 Å². The maximum atomic E-state index is 11.9. The average molecular weight is 304 g/mol. The monoisotopic (exact) mass is 304 g/mol. The highest BCUT2D eigenvalue weighted by Gasteiger charge is 2.23. The molecule has 22 heavy (non-hydrogen) atoms. The minimum absolute atomic E-state index is 0.130. The highest BCUT2D eigenvalue weighted by atomic mass is 16.5. The molecule has 2 rings (SSSR count). The summed E-state index contributed by atoms with van der Waals surface area (Å²) in [4.78, 5) is 11.9. The molecule has 5 heteroatoms. The molecule has 5 nitrogen and oxygen atoms in total. The molecule has 0 saturated heterocycles. The Morgan fingerprint density at radius 2 is 1.95 bits per heavy atom. The van der Waals surface area contributed by atoms with Gasteiger partial charge in [-0.1, -0.05) is 11.6 Å². The summed E-state index contributed by atoms with van der Waals surface area (Å²) >= 11 is 0. The Bertz CT molecular complexity index is 565. The van der Waals surface area contributed by atoms with Crippen LogP contribution < -0.4 is 20.1 Å². The van der Waals surface area contributed by atoms with E-state index in [0.717, 1.165) is 5.56 Å². The molecule has 0 aliphatic heterocycles. The van der Waals surface area contributed by atoms with Crippen LogP contribution in [0.2, 0.25) is 0 Å². The van der Waals surface area contributed by atoms with Gasteiger partial charge in [0, 0.05) is 6.20 Å². The van der Waals surface area contributed by atoms with Crippen molar-refractivity contribution in [3.05, 3.63) is 35.5 Å². The summed E-state index contributed by atoms with van der Waals surface area (Å²) in [7, 11) is 3.19. The Morgan fingerprint density at radius 3 is 2.55 bits per heavy atom. The molecule has 1 fully saturated rings. The number of hydrogen-bond acceptors (Lipinski definition) is 3. The lowest BCUT2D eigenvalue weighted by atomic mass is 10.1. The predicted molar refractivity (Wildman–Crippen MR) is 86.1 cm³/mol. The first-order valence-corrected chi connectivity index (χ1v) is 7.50. The summed E-state index contributed by atoms with van der Waals surface area (Å²) in [5, 5.41) is 5.70. The van der Waals surface area contributed by atoms with Crippen LogP contribution in [0.1, 0.15) is 38.3 Å². The van der Waals surface area contributed by atoms with Gasteiger partial charge in [0.2, 0.25) is 0 Å². The van der Waals surface area contributed by atoms with Crippen molar-refractivity contribution in [3.63, 3.8) is 0 Å². The van der Waals surface area contributed by atoms with Gasteiger partial charge in [0.1, 0.15) is 0 Å². The smallest absolute Gasteiger partial charge is 0.319 e. The van der Waals surface area contributed by atoms with Crippen LogP contribution in [0.25, 0.3) is 0 Å². The molecule has 0 heterocycles. The van der Waals surface area contributed by atoms with E-state index in [9.17, 15) is 4.79 Å². The first kappa shape index (κ1) is 16.2. The zero-order chi connectivity index (χ0) is 16.1. The van der Waals surface area contributed by atoms with Gasteiger partial charge in [-0.15, -0.1) is 0 Å². The van der Waals surface area contributed by atoms with E-state index < -0.39 is 0 Å². The average Bonchev–Trinajstić information content (AvgIpc) is 3.36. The zero-order valence-corrected chi connectivity index (χ0v) is 13.6. The van der Waals surface area contributed by atoms with Crippen molar-refractivity contribution in [1.29, 1.82) is 0 Å². The van der Waals surface area contributed by atoms with Crippen LogP contribution in [-0.2, 0) is 0 Å². The lowest BCUT2D eigenvalue weighted by molar-refractivity contribution is 0.241. The minimum atomic E-state index is -0.206. The summed E-state index contributed by atoms with van der Waals surface area (Å²) in [5.74, 6) is 1.98. The molecule has 2 amide bonds. The van der Waals surface area contributed by atoms with Crippen LogP contribution in [0.15, 0.2) is 30.0 Å². The summed E-state index contributed by atoms with van der Waals surface area (Å²) < 4.78 is 10.5. The van der Waals surface area contributed by atoms with Crippen LogP contribution >= 0.6 is 0 Å². The van der Waals surface area contributed by atoms with E-state index in [1.165, 1.54) is 18.4 Å². The lowest BCUT2D eigenvalue weighted by Crippen LogP contribution is -2.34. The van der Waals surface area contributed by atoms with E-state index in [1.54, 1.807) is 20.4 Å². The van der Waals surface area contributed by atoms with Crippen LogP contribution in [0.4, 0.5) is 4.79 Å². The number of nitrogens with one attached hydrogen (secondary N) is 2. The number of carbonyl (C=O) groups is 1. The van der Waals surface area contributed by atoms with Crippen molar-refractivity contribution in [3.8, 4) is 11.5 Å². The topological polar surface area (TPSA) is 59.6 Å². The number of urea groups is 1. The Kier molecular flexibility index (Phi) is 5.31. The molecule has 1 unspecified atom stereocenters. The summed E-state index contributed by atoms with van der Waals surface area (Å²) in [5.41, 5.74) is 2.18. The quantitative estimate of drug-likeness (QED) is 0.847. The molecular weight excluding hydrogens is 280 g/mol. The van der Waals surface area contributed by atoms with Crippen LogP contribution in [0.5, 0.6) is 11.5 Å². The highest BCUT2D eigenvalue weighted by molar-refractivity contribution is 5.75. The standard InChI is InChI=1S/C17H24N2O3/c1-11(13-5-6-13)10-18-17(20)19-12(2)14-7-8-15(21-3)16(9-14)22-4/h7-10,12-13H,5-6H2,1-4H3,(H2,18,19,20)/b11-10+. The first-order valence-electron chi connectivity index (χ1n) is 7.50. The van der Waals surface area contributed by atoms with Gasteiger partial charge in [-0.05, 0) is 50.3 Å². The van der Waals surface area contributed by atoms with E-state index in [2.05, 4.69) is 17.6 Å². The second-order valence-corrected chi connectivity index (χ2v) is 5.62. The second kappa shape index (κ2) is 7.20. The molecule has 1 atom stereocenters. The van der Waals surface area contributed by atoms with Gasteiger partial charge >= 0.3 is 6.03 Å². The normalized spacial score (nSPS) is 15.9. The van der Waals surface area contributed by atoms with E-state index in [-0.39, 0.29) is 12.1 Å². The van der Waals surface area contributed by atoms with E-state index in [1.807, 2.05) is 25.1 Å². The molecule has 120 valence electrons. The van der Waals surface area contributed by atoms with Gasteiger partial charge in [0.25, 0.3) is 0 Å². The first-order chi connectivity index (χ1) is 10.5. The molecule has 1 aromatic rings. The SMILES string of the molecule is COc1ccc(C(C)NC(=O)N/C=C(\C)C2CC2)cc1OC. The van der Waals surface area contributed by atoms with E-state index >= 15 is 0 Å². The minimum Gasteiger partial charge on any atom is -0.493 e. The fraction of sp³-hybridized carbons (Fsp3) is 0.471. The number of amides is 2.